The number of carbonyl (C=O) groups excluding carboxylic acids is 2. The number of amides is 3. The third-order valence-electron chi connectivity index (χ3n) is 5.82. The molecule has 0 saturated heterocycles. The molecule has 0 bridgehead atoms. The second-order valence-electron chi connectivity index (χ2n) is 8.50. The van der Waals surface area contributed by atoms with Crippen LogP contribution in [-0.4, -0.2) is 43.6 Å². The van der Waals surface area contributed by atoms with Crippen LogP contribution in [0.5, 0.6) is 11.5 Å². The van der Waals surface area contributed by atoms with Crippen LogP contribution in [0.15, 0.2) is 78.5 Å². The molecule has 0 atom stereocenters. The summed E-state index contributed by atoms with van der Waals surface area (Å²) in [5.41, 5.74) is 0.988. The van der Waals surface area contributed by atoms with E-state index in [-0.39, 0.29) is 22.3 Å². The second-order valence-corrected chi connectivity index (χ2v) is 10.0. The van der Waals surface area contributed by atoms with Crippen LogP contribution >= 0.6 is 0 Å². The van der Waals surface area contributed by atoms with Crippen molar-refractivity contribution in [2.75, 3.05) is 19.1 Å². The summed E-state index contributed by atoms with van der Waals surface area (Å²) in [6, 6.07) is 17.4. The van der Waals surface area contributed by atoms with Crippen molar-refractivity contribution in [3.63, 3.8) is 0 Å². The molecular formula is C27H25FN4O6S. The van der Waals surface area contributed by atoms with Crippen molar-refractivity contribution in [1.29, 1.82) is 0 Å². The molecule has 0 spiro atoms. The van der Waals surface area contributed by atoms with Gasteiger partial charge in [-0.3, -0.25) is 4.79 Å². The summed E-state index contributed by atoms with van der Waals surface area (Å²) < 4.78 is 47.9. The van der Waals surface area contributed by atoms with Crippen molar-refractivity contribution < 1.29 is 32.2 Å². The van der Waals surface area contributed by atoms with Gasteiger partial charge in [-0.1, -0.05) is 30.3 Å². The number of hydrogen-bond acceptors (Lipinski definition) is 6. The quantitative estimate of drug-likeness (QED) is 0.298. The zero-order chi connectivity index (χ0) is 28.3. The standard InChI is InChI=1S/C27H25FN4O6S/c1-17-13-19-15-22(28)25(33)16-24(19)32(17)39(36,37)30-27(35)29-23(14-18-7-5-4-6-8-18)26(34)31(2)20-9-11-21(38-3)12-10-20/h4-16,33H,1-3H3,(H2,29,30,35)/b23-14-. The van der Waals surface area contributed by atoms with Gasteiger partial charge >= 0.3 is 16.2 Å². The highest BCUT2D eigenvalue weighted by atomic mass is 32.2. The van der Waals surface area contributed by atoms with Crippen molar-refractivity contribution in [2.24, 2.45) is 0 Å². The zero-order valence-corrected chi connectivity index (χ0v) is 22.0. The summed E-state index contributed by atoms with van der Waals surface area (Å²) in [5.74, 6) is -1.70. The predicted octanol–water partition coefficient (Wildman–Crippen LogP) is 3.90. The molecule has 0 radical (unpaired) electrons. The maximum Gasteiger partial charge on any atom is 0.334 e. The minimum atomic E-state index is -4.57. The number of fused-ring (bicyclic) bond motifs is 1. The number of aromatic nitrogens is 1. The van der Waals surface area contributed by atoms with Gasteiger partial charge in [0, 0.05) is 29.9 Å². The lowest BCUT2D eigenvalue weighted by Crippen LogP contribution is -2.44. The highest BCUT2D eigenvalue weighted by Gasteiger charge is 2.25. The van der Waals surface area contributed by atoms with Crippen LogP contribution in [0, 0.1) is 12.7 Å². The molecular weight excluding hydrogens is 527 g/mol. The van der Waals surface area contributed by atoms with Gasteiger partial charge in [0.2, 0.25) is 0 Å². The van der Waals surface area contributed by atoms with E-state index in [1.165, 1.54) is 38.1 Å². The van der Waals surface area contributed by atoms with E-state index in [2.05, 4.69) is 5.32 Å². The van der Waals surface area contributed by atoms with Crippen LogP contribution in [-0.2, 0) is 15.0 Å². The first-order chi connectivity index (χ1) is 18.5. The van der Waals surface area contributed by atoms with Crippen molar-refractivity contribution in [3.8, 4) is 11.5 Å². The molecule has 10 nitrogen and oxygen atoms in total. The van der Waals surface area contributed by atoms with Crippen molar-refractivity contribution >= 4 is 44.8 Å². The Morgan fingerprint density at radius 1 is 1.05 bits per heavy atom. The maximum atomic E-state index is 13.8. The summed E-state index contributed by atoms with van der Waals surface area (Å²) in [6.07, 6.45) is 1.41. The number of likely N-dealkylation sites (N-methyl/N-ethyl adjacent to an activating group) is 1. The molecule has 1 heterocycles. The van der Waals surface area contributed by atoms with Crippen LogP contribution in [0.25, 0.3) is 17.0 Å². The SMILES string of the molecule is COc1ccc(N(C)C(=O)/C(=C/c2ccccc2)NC(=O)NS(=O)(=O)n2c(C)cc3cc(F)c(O)cc32)cc1. The number of urea groups is 1. The number of rotatable bonds is 7. The number of phenolic OH excluding ortho intramolecular Hbond substituents is 1. The number of carbonyl (C=O) groups is 2. The lowest BCUT2D eigenvalue weighted by Gasteiger charge is -2.20. The van der Waals surface area contributed by atoms with Crippen LogP contribution in [0.3, 0.4) is 0 Å². The molecule has 3 N–H and O–H groups in total. The van der Waals surface area contributed by atoms with Crippen LogP contribution in [0.4, 0.5) is 14.9 Å². The largest absolute Gasteiger partial charge is 0.505 e. The molecule has 1 aromatic heterocycles. The number of nitrogens with one attached hydrogen (secondary N) is 2. The van der Waals surface area contributed by atoms with Gasteiger partial charge in [0.05, 0.1) is 12.6 Å². The first kappa shape index (κ1) is 27.2. The molecule has 202 valence electrons. The first-order valence-corrected chi connectivity index (χ1v) is 13.0. The van der Waals surface area contributed by atoms with Gasteiger partial charge in [0.15, 0.2) is 11.6 Å². The smallest absolute Gasteiger partial charge is 0.334 e. The topological polar surface area (TPSA) is 130 Å². The van der Waals surface area contributed by atoms with Gasteiger partial charge in [-0.25, -0.2) is 17.9 Å². The van der Waals surface area contributed by atoms with E-state index in [0.717, 1.165) is 16.1 Å². The highest BCUT2D eigenvalue weighted by molar-refractivity contribution is 7.88. The van der Waals surface area contributed by atoms with Crippen LogP contribution in [0.2, 0.25) is 0 Å². The number of nitrogens with zero attached hydrogens (tertiary/aromatic N) is 2. The van der Waals surface area contributed by atoms with Crippen LogP contribution < -0.4 is 19.7 Å². The Balaban J connectivity index is 1.63. The van der Waals surface area contributed by atoms with E-state index in [4.69, 9.17) is 4.74 Å². The van der Waals surface area contributed by atoms with E-state index in [1.54, 1.807) is 54.6 Å². The minimum absolute atomic E-state index is 0.0398. The fraction of sp³-hybridized carbons (Fsp3) is 0.111. The summed E-state index contributed by atoms with van der Waals surface area (Å²) >= 11 is 0. The van der Waals surface area contributed by atoms with Gasteiger partial charge < -0.3 is 20.1 Å². The maximum absolute atomic E-state index is 13.8. The molecule has 0 aliphatic carbocycles. The molecule has 3 aromatic carbocycles. The van der Waals surface area contributed by atoms with Crippen molar-refractivity contribution in [1.82, 2.24) is 14.0 Å². The monoisotopic (exact) mass is 552 g/mol. The molecule has 4 rings (SSSR count). The minimum Gasteiger partial charge on any atom is -0.505 e. The zero-order valence-electron chi connectivity index (χ0n) is 21.2. The second kappa shape index (κ2) is 10.9. The van der Waals surface area contributed by atoms with Crippen molar-refractivity contribution in [2.45, 2.75) is 6.92 Å². The number of benzene rings is 3. The van der Waals surface area contributed by atoms with Gasteiger partial charge in [-0.2, -0.15) is 8.42 Å². The summed E-state index contributed by atoms with van der Waals surface area (Å²) in [4.78, 5) is 27.6. The van der Waals surface area contributed by atoms with E-state index < -0.39 is 33.7 Å². The summed E-state index contributed by atoms with van der Waals surface area (Å²) in [6.45, 7) is 1.44. The van der Waals surface area contributed by atoms with Gasteiger partial charge in [-0.15, -0.1) is 0 Å². The fourth-order valence-corrected chi connectivity index (χ4v) is 5.16. The number of aromatic hydroxyl groups is 1. The number of hydrogen-bond donors (Lipinski definition) is 3. The Morgan fingerprint density at radius 3 is 2.36 bits per heavy atom. The Labute approximate surface area is 224 Å². The molecule has 4 aromatic rings. The average molecular weight is 553 g/mol. The number of halogens is 1. The predicted molar refractivity (Wildman–Crippen MR) is 145 cm³/mol. The number of ether oxygens (including phenoxy) is 1. The lowest BCUT2D eigenvalue weighted by molar-refractivity contribution is -0.115. The lowest BCUT2D eigenvalue weighted by atomic mass is 10.1. The molecule has 39 heavy (non-hydrogen) atoms. The molecule has 0 unspecified atom stereocenters. The fourth-order valence-electron chi connectivity index (χ4n) is 3.93. The molecule has 0 aliphatic heterocycles. The molecule has 0 saturated carbocycles. The van der Waals surface area contributed by atoms with E-state index in [1.807, 2.05) is 4.72 Å². The van der Waals surface area contributed by atoms with E-state index >= 15 is 0 Å². The Kier molecular flexibility index (Phi) is 7.58. The number of phenols is 1. The molecule has 0 fully saturated rings. The first-order valence-electron chi connectivity index (χ1n) is 11.5. The third kappa shape index (κ3) is 5.85. The molecule has 12 heteroatoms. The Morgan fingerprint density at radius 2 is 1.72 bits per heavy atom. The number of methoxy groups -OCH3 is 1. The summed E-state index contributed by atoms with van der Waals surface area (Å²) in [5, 5.41) is 12.3. The van der Waals surface area contributed by atoms with Gasteiger partial charge in [0.1, 0.15) is 11.4 Å². The normalized spacial score (nSPS) is 11.7. The van der Waals surface area contributed by atoms with Gasteiger partial charge in [-0.05, 0) is 55.0 Å². The Hall–Kier alpha value is -4.84. The van der Waals surface area contributed by atoms with Crippen molar-refractivity contribution in [3.05, 3.63) is 95.6 Å². The number of aryl methyl sites for hydroxylation is 1. The third-order valence-corrected chi connectivity index (χ3v) is 7.22. The van der Waals surface area contributed by atoms with Gasteiger partial charge in [0.25, 0.3) is 5.91 Å². The van der Waals surface area contributed by atoms with E-state index in [9.17, 15) is 27.5 Å². The average Bonchev–Trinajstić information content (AvgIpc) is 3.23. The number of anilines is 1. The van der Waals surface area contributed by atoms with Crippen LogP contribution in [0.1, 0.15) is 11.3 Å². The van der Waals surface area contributed by atoms with E-state index in [0.29, 0.717) is 17.0 Å². The Bertz CT molecular complexity index is 1680. The molecule has 0 aliphatic rings. The summed E-state index contributed by atoms with van der Waals surface area (Å²) in [7, 11) is -1.56. The molecule has 3 amide bonds. The highest BCUT2D eigenvalue weighted by Crippen LogP contribution is 2.27.